The number of aromatic nitrogens is 2. The lowest BCUT2D eigenvalue weighted by atomic mass is 9.88. The molecule has 104 valence electrons. The molecule has 3 rings (SSSR count). The van der Waals surface area contributed by atoms with Gasteiger partial charge in [0.1, 0.15) is 5.82 Å². The van der Waals surface area contributed by atoms with E-state index in [9.17, 15) is 13.2 Å². The summed E-state index contributed by atoms with van der Waals surface area (Å²) in [6, 6.07) is 0. The lowest BCUT2D eigenvalue weighted by Gasteiger charge is -2.21. The number of hydrogen-bond acceptors (Lipinski definition) is 2. The Labute approximate surface area is 118 Å². The Morgan fingerprint density at radius 1 is 1.26 bits per heavy atom. The summed E-state index contributed by atoms with van der Waals surface area (Å²) in [6.07, 6.45) is 1.34. The Balaban J connectivity index is 1.95. The van der Waals surface area contributed by atoms with Crippen LogP contribution in [-0.4, -0.2) is 9.97 Å². The highest BCUT2D eigenvalue weighted by molar-refractivity contribution is 9.08. The van der Waals surface area contributed by atoms with Crippen LogP contribution in [0.1, 0.15) is 48.7 Å². The molecule has 1 heterocycles. The molecule has 0 N–H and O–H groups in total. The average Bonchev–Trinajstić information content (AvgIpc) is 2.99. The number of fused-ring (bicyclic) bond motifs is 2. The van der Waals surface area contributed by atoms with Crippen LogP contribution in [-0.2, 0) is 11.5 Å². The van der Waals surface area contributed by atoms with Crippen LogP contribution in [0.4, 0.5) is 13.2 Å². The van der Waals surface area contributed by atoms with E-state index in [0.29, 0.717) is 17.7 Å². The van der Waals surface area contributed by atoms with Crippen LogP contribution in [0.2, 0.25) is 0 Å². The number of halogens is 4. The lowest BCUT2D eigenvalue weighted by molar-refractivity contribution is -0.142. The summed E-state index contributed by atoms with van der Waals surface area (Å²) >= 11 is 3.06. The first-order chi connectivity index (χ1) is 8.99. The number of hydrogen-bond donors (Lipinski definition) is 0. The normalized spacial score (nSPS) is 30.0. The molecule has 2 aliphatic carbocycles. The van der Waals surface area contributed by atoms with Crippen molar-refractivity contribution in [3.63, 3.8) is 0 Å². The molecule has 2 fully saturated rings. The van der Waals surface area contributed by atoms with Gasteiger partial charge >= 0.3 is 6.18 Å². The van der Waals surface area contributed by atoms with Gasteiger partial charge < -0.3 is 0 Å². The van der Waals surface area contributed by atoms with Crippen molar-refractivity contribution in [1.82, 2.24) is 9.97 Å². The minimum atomic E-state index is -4.40. The van der Waals surface area contributed by atoms with Gasteiger partial charge in [0.05, 0.1) is 0 Å². The first-order valence-corrected chi connectivity index (χ1v) is 7.60. The summed E-state index contributed by atoms with van der Waals surface area (Å²) < 4.78 is 38.9. The Bertz CT molecular complexity index is 489. The monoisotopic (exact) mass is 334 g/mol. The van der Waals surface area contributed by atoms with Gasteiger partial charge in [0.15, 0.2) is 5.69 Å². The zero-order valence-electron chi connectivity index (χ0n) is 10.3. The van der Waals surface area contributed by atoms with Crippen molar-refractivity contribution in [3.8, 4) is 0 Å². The quantitative estimate of drug-likeness (QED) is 0.754. The molecule has 2 bridgehead atoms. The fourth-order valence-electron chi connectivity index (χ4n) is 3.50. The third kappa shape index (κ3) is 2.39. The molecule has 0 saturated heterocycles. The summed E-state index contributed by atoms with van der Waals surface area (Å²) in [5.41, 5.74) is -0.670. The molecule has 2 saturated carbocycles. The Morgan fingerprint density at radius 2 is 2.05 bits per heavy atom. The van der Waals surface area contributed by atoms with Crippen molar-refractivity contribution in [2.24, 2.45) is 11.8 Å². The van der Waals surface area contributed by atoms with Crippen molar-refractivity contribution in [2.75, 3.05) is 0 Å². The van der Waals surface area contributed by atoms with E-state index in [0.717, 1.165) is 19.3 Å². The summed E-state index contributed by atoms with van der Waals surface area (Å²) in [6.45, 7) is 0. The van der Waals surface area contributed by atoms with E-state index < -0.39 is 11.9 Å². The zero-order chi connectivity index (χ0) is 13.6. The smallest absolute Gasteiger partial charge is 0.241 e. The molecule has 19 heavy (non-hydrogen) atoms. The maximum absolute atomic E-state index is 13.0. The van der Waals surface area contributed by atoms with Gasteiger partial charge in [0.2, 0.25) is 0 Å². The van der Waals surface area contributed by atoms with Crippen LogP contribution < -0.4 is 0 Å². The van der Waals surface area contributed by atoms with Crippen molar-refractivity contribution in [2.45, 2.75) is 43.1 Å². The molecule has 3 unspecified atom stereocenters. The molecule has 0 spiro atoms. The van der Waals surface area contributed by atoms with E-state index in [1.807, 2.05) is 0 Å². The van der Waals surface area contributed by atoms with Gasteiger partial charge in [0, 0.05) is 23.0 Å². The maximum atomic E-state index is 13.0. The van der Waals surface area contributed by atoms with Gasteiger partial charge in [-0.2, -0.15) is 13.2 Å². The fraction of sp³-hybridized carbons (Fsp3) is 0.692. The van der Waals surface area contributed by atoms with Crippen molar-refractivity contribution in [3.05, 3.63) is 23.3 Å². The molecule has 3 atom stereocenters. The molecule has 2 nitrogen and oxygen atoms in total. The van der Waals surface area contributed by atoms with Crippen LogP contribution in [0, 0.1) is 11.8 Å². The lowest BCUT2D eigenvalue weighted by Crippen LogP contribution is -2.18. The Kier molecular flexibility index (Phi) is 3.31. The maximum Gasteiger partial charge on any atom is 0.433 e. The van der Waals surface area contributed by atoms with Gasteiger partial charge in [-0.15, -0.1) is 0 Å². The Hall–Kier alpha value is -0.650. The van der Waals surface area contributed by atoms with Gasteiger partial charge in [0.25, 0.3) is 0 Å². The molecule has 0 aliphatic heterocycles. The summed E-state index contributed by atoms with van der Waals surface area (Å²) in [7, 11) is 0. The third-order valence-electron chi connectivity index (χ3n) is 4.37. The highest BCUT2D eigenvalue weighted by atomic mass is 79.9. The number of alkyl halides is 4. The second-order valence-corrected chi connectivity index (χ2v) is 6.08. The first-order valence-electron chi connectivity index (χ1n) is 6.48. The molecule has 0 radical (unpaired) electrons. The third-order valence-corrected chi connectivity index (χ3v) is 4.97. The van der Waals surface area contributed by atoms with Crippen molar-refractivity contribution in [1.29, 1.82) is 0 Å². The minimum Gasteiger partial charge on any atom is -0.241 e. The molecular weight excluding hydrogens is 321 g/mol. The van der Waals surface area contributed by atoms with Gasteiger partial charge in [-0.1, -0.05) is 22.4 Å². The number of rotatable bonds is 2. The fourth-order valence-corrected chi connectivity index (χ4v) is 3.91. The van der Waals surface area contributed by atoms with Crippen LogP contribution in [0.5, 0.6) is 0 Å². The minimum absolute atomic E-state index is 0.111. The van der Waals surface area contributed by atoms with E-state index in [4.69, 9.17) is 0 Å². The van der Waals surface area contributed by atoms with E-state index in [-0.39, 0.29) is 16.8 Å². The molecule has 1 aromatic rings. The Morgan fingerprint density at radius 3 is 2.58 bits per heavy atom. The SMILES string of the molecule is FC(F)(F)c1nc(C2CC3CCC2C3)ncc1CBr. The van der Waals surface area contributed by atoms with Crippen molar-refractivity contribution < 1.29 is 13.2 Å². The highest BCUT2D eigenvalue weighted by Gasteiger charge is 2.43. The summed E-state index contributed by atoms with van der Waals surface area (Å²) in [5.74, 6) is 1.68. The molecule has 0 amide bonds. The second kappa shape index (κ2) is 4.72. The largest absolute Gasteiger partial charge is 0.433 e. The van der Waals surface area contributed by atoms with Crippen LogP contribution in [0.25, 0.3) is 0 Å². The van der Waals surface area contributed by atoms with Crippen molar-refractivity contribution >= 4 is 15.9 Å². The molecule has 0 aromatic carbocycles. The van der Waals surface area contributed by atoms with E-state index in [2.05, 4.69) is 25.9 Å². The van der Waals surface area contributed by atoms with Gasteiger partial charge in [-0.05, 0) is 31.1 Å². The molecular formula is C13H14BrF3N2. The first kappa shape index (κ1) is 13.3. The predicted octanol–water partition coefficient (Wildman–Crippen LogP) is 4.29. The predicted molar refractivity (Wildman–Crippen MR) is 67.9 cm³/mol. The second-order valence-electron chi connectivity index (χ2n) is 5.51. The van der Waals surface area contributed by atoms with E-state index in [1.165, 1.54) is 12.6 Å². The molecule has 1 aromatic heterocycles. The molecule has 6 heteroatoms. The average molecular weight is 335 g/mol. The van der Waals surface area contributed by atoms with E-state index in [1.54, 1.807) is 0 Å². The summed E-state index contributed by atoms with van der Waals surface area (Å²) in [5, 5.41) is 0.124. The number of nitrogens with zero attached hydrogens (tertiary/aromatic N) is 2. The van der Waals surface area contributed by atoms with Gasteiger partial charge in [-0.25, -0.2) is 9.97 Å². The van der Waals surface area contributed by atoms with Crippen LogP contribution >= 0.6 is 15.9 Å². The topological polar surface area (TPSA) is 25.8 Å². The highest BCUT2D eigenvalue weighted by Crippen LogP contribution is 2.52. The summed E-state index contributed by atoms with van der Waals surface area (Å²) in [4.78, 5) is 8.03. The standard InChI is InChI=1S/C13H14BrF3N2/c14-5-9-6-18-12(19-11(9)13(15,16)17)10-4-7-1-2-8(10)3-7/h6-8,10H,1-5H2. The molecule has 2 aliphatic rings. The van der Waals surface area contributed by atoms with E-state index >= 15 is 0 Å². The van der Waals surface area contributed by atoms with Gasteiger partial charge in [-0.3, -0.25) is 0 Å². The van der Waals surface area contributed by atoms with Crippen LogP contribution in [0.15, 0.2) is 6.20 Å². The van der Waals surface area contributed by atoms with Crippen LogP contribution in [0.3, 0.4) is 0 Å². The zero-order valence-corrected chi connectivity index (χ0v) is 11.8.